The van der Waals surface area contributed by atoms with Crippen LogP contribution < -0.4 is 5.43 Å². The van der Waals surface area contributed by atoms with Gasteiger partial charge in [-0.1, -0.05) is 53.2 Å². The first kappa shape index (κ1) is 20.3. The lowest BCUT2D eigenvalue weighted by molar-refractivity contribution is -0.384. The summed E-state index contributed by atoms with van der Waals surface area (Å²) in [6.45, 7) is 0. The normalized spacial score (nSPS) is 15.2. The van der Waals surface area contributed by atoms with Crippen LogP contribution in [0.15, 0.2) is 47.4 Å². The Morgan fingerprint density at radius 2 is 1.93 bits per heavy atom. The molecule has 0 saturated carbocycles. The first-order valence-corrected chi connectivity index (χ1v) is 9.53. The van der Waals surface area contributed by atoms with E-state index < -0.39 is 16.7 Å². The van der Waals surface area contributed by atoms with Crippen LogP contribution in [0.1, 0.15) is 15.9 Å². The fourth-order valence-corrected chi connectivity index (χ4v) is 3.87. The number of thioether (sulfide) groups is 1. The molecule has 1 N–H and O–H groups in total. The Morgan fingerprint density at radius 1 is 1.21 bits per heavy atom. The van der Waals surface area contributed by atoms with Crippen LogP contribution in [0.3, 0.4) is 0 Å². The summed E-state index contributed by atoms with van der Waals surface area (Å²) in [5.74, 6) is -1.15. The number of thiocarbonyl (C=S) groups is 1. The van der Waals surface area contributed by atoms with E-state index in [1.165, 1.54) is 30.3 Å². The van der Waals surface area contributed by atoms with Crippen molar-refractivity contribution in [1.29, 1.82) is 0 Å². The number of carbonyl (C=O) groups excluding carboxylic acids is 2. The lowest BCUT2D eigenvalue weighted by atomic mass is 10.2. The predicted octanol–water partition coefficient (Wildman–Crippen LogP) is 4.45. The minimum Gasteiger partial charge on any atom is -0.267 e. The SMILES string of the molecule is O=C(NN1C(=O)/C(=C/c2ccc(Cl)c([N+](=O)[O-])c2)SC1=S)c1ccccc1Cl. The number of nitro benzene ring substituents is 1. The van der Waals surface area contributed by atoms with Crippen molar-refractivity contribution in [2.75, 3.05) is 0 Å². The van der Waals surface area contributed by atoms with Crippen LogP contribution in [-0.4, -0.2) is 26.1 Å². The maximum absolute atomic E-state index is 12.6. The second-order valence-corrected chi connectivity index (χ2v) is 7.90. The van der Waals surface area contributed by atoms with Crippen LogP contribution in [0.5, 0.6) is 0 Å². The molecule has 2 amide bonds. The zero-order chi connectivity index (χ0) is 20.4. The van der Waals surface area contributed by atoms with Crippen LogP contribution >= 0.6 is 47.2 Å². The van der Waals surface area contributed by atoms with Crippen LogP contribution in [-0.2, 0) is 4.79 Å². The summed E-state index contributed by atoms with van der Waals surface area (Å²) in [6, 6.07) is 10.5. The molecule has 28 heavy (non-hydrogen) atoms. The van der Waals surface area contributed by atoms with E-state index in [0.29, 0.717) is 5.56 Å². The third-order valence-corrected chi connectivity index (χ3v) is 5.54. The minimum absolute atomic E-state index is 0.0123. The van der Waals surface area contributed by atoms with Gasteiger partial charge in [0.05, 0.1) is 20.4 Å². The van der Waals surface area contributed by atoms with Gasteiger partial charge < -0.3 is 0 Å². The maximum Gasteiger partial charge on any atom is 0.288 e. The van der Waals surface area contributed by atoms with Crippen molar-refractivity contribution in [3.63, 3.8) is 0 Å². The van der Waals surface area contributed by atoms with E-state index in [9.17, 15) is 19.7 Å². The first-order valence-electron chi connectivity index (χ1n) is 7.55. The third-order valence-electron chi connectivity index (χ3n) is 3.59. The summed E-state index contributed by atoms with van der Waals surface area (Å²) in [5.41, 5.74) is 2.73. The van der Waals surface area contributed by atoms with Gasteiger partial charge in [-0.2, -0.15) is 5.01 Å². The summed E-state index contributed by atoms with van der Waals surface area (Å²) < 4.78 is 0.111. The minimum atomic E-state index is -0.616. The number of carbonyl (C=O) groups is 2. The maximum atomic E-state index is 12.6. The van der Waals surface area contributed by atoms with E-state index in [-0.39, 0.29) is 30.5 Å². The molecule has 3 rings (SSSR count). The van der Waals surface area contributed by atoms with Gasteiger partial charge in [0, 0.05) is 6.07 Å². The molecular weight excluding hydrogens is 445 g/mol. The van der Waals surface area contributed by atoms with Crippen LogP contribution in [0, 0.1) is 10.1 Å². The highest BCUT2D eigenvalue weighted by Crippen LogP contribution is 2.33. The molecule has 0 atom stereocenters. The Kier molecular flexibility index (Phi) is 5.99. The lowest BCUT2D eigenvalue weighted by Gasteiger charge is -2.16. The van der Waals surface area contributed by atoms with Crippen LogP contribution in [0.4, 0.5) is 5.69 Å². The van der Waals surface area contributed by atoms with Gasteiger partial charge in [-0.05, 0) is 42.1 Å². The van der Waals surface area contributed by atoms with E-state index in [4.69, 9.17) is 35.4 Å². The van der Waals surface area contributed by atoms with Gasteiger partial charge in [0.25, 0.3) is 17.5 Å². The molecular formula is C17H9Cl2N3O4S2. The molecule has 1 aliphatic heterocycles. The van der Waals surface area contributed by atoms with Crippen molar-refractivity contribution in [2.24, 2.45) is 0 Å². The van der Waals surface area contributed by atoms with Gasteiger partial charge in [0.1, 0.15) is 5.02 Å². The molecule has 1 heterocycles. The molecule has 2 aromatic rings. The standard InChI is InChI=1S/C17H9Cl2N3O4S2/c18-11-4-2-1-3-10(11)15(23)20-21-16(24)14(28-17(21)27)8-9-5-6-12(19)13(7-9)22(25)26/h1-8H,(H,20,23)/b14-8-. The Labute approximate surface area is 178 Å². The number of halogens is 2. The summed E-state index contributed by atoms with van der Waals surface area (Å²) in [5, 5.41) is 12.2. The van der Waals surface area contributed by atoms with E-state index in [1.54, 1.807) is 18.2 Å². The van der Waals surface area contributed by atoms with E-state index in [0.717, 1.165) is 16.8 Å². The quantitative estimate of drug-likeness (QED) is 0.318. The number of nitrogens with one attached hydrogen (secondary N) is 1. The van der Waals surface area contributed by atoms with Crippen LogP contribution in [0.2, 0.25) is 10.0 Å². The van der Waals surface area contributed by atoms with Gasteiger partial charge >= 0.3 is 0 Å². The molecule has 142 valence electrons. The Bertz CT molecular complexity index is 1060. The number of hydrazine groups is 1. The number of amides is 2. The number of nitrogens with zero attached hydrogens (tertiary/aromatic N) is 2. The van der Waals surface area contributed by atoms with Crippen molar-refractivity contribution >= 4 is 75.1 Å². The van der Waals surface area contributed by atoms with Crippen molar-refractivity contribution in [3.05, 3.63) is 78.7 Å². The van der Waals surface area contributed by atoms with E-state index >= 15 is 0 Å². The highest BCUT2D eigenvalue weighted by Gasteiger charge is 2.34. The van der Waals surface area contributed by atoms with Crippen molar-refractivity contribution in [1.82, 2.24) is 10.4 Å². The molecule has 11 heteroatoms. The molecule has 0 spiro atoms. The largest absolute Gasteiger partial charge is 0.288 e. The summed E-state index contributed by atoms with van der Waals surface area (Å²) in [7, 11) is 0. The fraction of sp³-hybridized carbons (Fsp3) is 0. The second-order valence-electron chi connectivity index (χ2n) is 5.41. The van der Waals surface area contributed by atoms with E-state index in [2.05, 4.69) is 5.43 Å². The molecule has 0 aliphatic carbocycles. The molecule has 0 aromatic heterocycles. The third kappa shape index (κ3) is 4.17. The van der Waals surface area contributed by atoms with Gasteiger partial charge in [0.15, 0.2) is 4.32 Å². The average molecular weight is 454 g/mol. The number of hydrogen-bond donors (Lipinski definition) is 1. The van der Waals surface area contributed by atoms with Crippen molar-refractivity contribution in [3.8, 4) is 0 Å². The predicted molar refractivity (Wildman–Crippen MR) is 112 cm³/mol. The number of rotatable bonds is 4. The smallest absolute Gasteiger partial charge is 0.267 e. The Hall–Kier alpha value is -2.46. The summed E-state index contributed by atoms with van der Waals surface area (Å²) in [6.07, 6.45) is 1.43. The van der Waals surface area contributed by atoms with Gasteiger partial charge in [0.2, 0.25) is 0 Å². The number of benzene rings is 2. The Balaban J connectivity index is 1.83. The number of nitro groups is 1. The summed E-state index contributed by atoms with van der Waals surface area (Å²) >= 11 is 17.9. The monoisotopic (exact) mass is 453 g/mol. The highest BCUT2D eigenvalue weighted by atomic mass is 35.5. The van der Waals surface area contributed by atoms with Gasteiger partial charge in [-0.25, -0.2) is 0 Å². The highest BCUT2D eigenvalue weighted by molar-refractivity contribution is 8.26. The zero-order valence-corrected chi connectivity index (χ0v) is 16.9. The summed E-state index contributed by atoms with van der Waals surface area (Å²) in [4.78, 5) is 35.5. The second kappa shape index (κ2) is 8.27. The molecule has 1 aliphatic rings. The Morgan fingerprint density at radius 3 is 2.61 bits per heavy atom. The lowest BCUT2D eigenvalue weighted by Crippen LogP contribution is -2.44. The average Bonchev–Trinajstić information content (AvgIpc) is 2.90. The first-order chi connectivity index (χ1) is 13.3. The zero-order valence-electron chi connectivity index (χ0n) is 13.7. The van der Waals surface area contributed by atoms with Crippen molar-refractivity contribution < 1.29 is 14.5 Å². The molecule has 1 fully saturated rings. The van der Waals surface area contributed by atoms with Crippen LogP contribution in [0.25, 0.3) is 6.08 Å². The molecule has 2 aromatic carbocycles. The molecule has 0 bridgehead atoms. The van der Waals surface area contributed by atoms with Gasteiger partial charge in [-0.15, -0.1) is 0 Å². The molecule has 0 radical (unpaired) electrons. The van der Waals surface area contributed by atoms with Crippen molar-refractivity contribution in [2.45, 2.75) is 0 Å². The molecule has 0 unspecified atom stereocenters. The number of hydrogen-bond acceptors (Lipinski definition) is 6. The van der Waals surface area contributed by atoms with E-state index in [1.807, 2.05) is 0 Å². The molecule has 7 nitrogen and oxygen atoms in total. The topological polar surface area (TPSA) is 92.6 Å². The molecule has 1 saturated heterocycles. The van der Waals surface area contributed by atoms with Gasteiger partial charge in [-0.3, -0.25) is 25.1 Å². The fourth-order valence-electron chi connectivity index (χ4n) is 2.28.